The fraction of sp³-hybridized carbons (Fsp3) is 0.947. The Balaban J connectivity index is 0. The second-order valence-electron chi connectivity index (χ2n) is 6.74. The average Bonchev–Trinajstić information content (AvgIpc) is 2.48. The van der Waals surface area contributed by atoms with Crippen molar-refractivity contribution in [1.29, 1.82) is 0 Å². The Morgan fingerprint density at radius 2 is 1.17 bits per heavy atom. The standard InChI is InChI=1S/C19H37FO2.Na/c1-18(15-11-7-4-5-9-13-17-20)14-10-6-2-3-8-12-16-19(21)22;/h18H,2-17H2,1H3,(H,21,22);/q;+1/p-1. The molecule has 0 N–H and O–H groups in total. The molecule has 0 fully saturated rings. The number of unbranched alkanes of at least 4 members (excludes halogenated alkanes) is 10. The van der Waals surface area contributed by atoms with E-state index in [4.69, 9.17) is 0 Å². The monoisotopic (exact) mass is 338 g/mol. The SMILES string of the molecule is CC(CCCCCCCCF)CCCCCCCCC(=O)[O-].[Na+]. The van der Waals surface area contributed by atoms with Gasteiger partial charge in [0.1, 0.15) is 0 Å². The van der Waals surface area contributed by atoms with Gasteiger partial charge in [-0.05, 0) is 25.2 Å². The number of carboxylic acid groups (broad SMARTS) is 1. The molecule has 1 unspecified atom stereocenters. The van der Waals surface area contributed by atoms with Crippen molar-refractivity contribution < 1.29 is 43.8 Å². The molecule has 0 rings (SSSR count). The summed E-state index contributed by atoms with van der Waals surface area (Å²) in [5.74, 6) is -0.0971. The fourth-order valence-electron chi connectivity index (χ4n) is 2.91. The maximum atomic E-state index is 11.9. The maximum absolute atomic E-state index is 11.9. The third-order valence-corrected chi connectivity index (χ3v) is 4.41. The Hall–Kier alpha value is 0.400. The van der Waals surface area contributed by atoms with Crippen LogP contribution in [0.25, 0.3) is 0 Å². The Bertz CT molecular complexity index is 250. The van der Waals surface area contributed by atoms with Crippen molar-refractivity contribution in [3.8, 4) is 0 Å². The number of hydrogen-bond donors (Lipinski definition) is 0. The van der Waals surface area contributed by atoms with Crippen molar-refractivity contribution in [3.05, 3.63) is 0 Å². The van der Waals surface area contributed by atoms with Gasteiger partial charge in [-0.25, -0.2) is 0 Å². The Labute approximate surface area is 165 Å². The van der Waals surface area contributed by atoms with Crippen LogP contribution in [-0.4, -0.2) is 12.6 Å². The summed E-state index contributed by atoms with van der Waals surface area (Å²) >= 11 is 0. The van der Waals surface area contributed by atoms with Crippen LogP contribution in [0.15, 0.2) is 0 Å². The molecule has 0 saturated heterocycles. The molecule has 132 valence electrons. The van der Waals surface area contributed by atoms with Crippen LogP contribution >= 0.6 is 0 Å². The van der Waals surface area contributed by atoms with Crippen molar-refractivity contribution >= 4 is 5.97 Å². The second-order valence-corrected chi connectivity index (χ2v) is 6.74. The van der Waals surface area contributed by atoms with E-state index in [-0.39, 0.29) is 42.7 Å². The number of hydrogen-bond acceptors (Lipinski definition) is 2. The van der Waals surface area contributed by atoms with Gasteiger partial charge in [0.15, 0.2) is 0 Å². The minimum Gasteiger partial charge on any atom is -0.550 e. The number of alkyl halides is 1. The van der Waals surface area contributed by atoms with E-state index >= 15 is 0 Å². The molecule has 0 heterocycles. The summed E-state index contributed by atoms with van der Waals surface area (Å²) in [4.78, 5) is 10.3. The minimum absolute atomic E-state index is 0. The summed E-state index contributed by atoms with van der Waals surface area (Å²) in [5, 5.41) is 10.3. The number of carbonyl (C=O) groups is 1. The molecular weight excluding hydrogens is 302 g/mol. The first-order valence-corrected chi connectivity index (χ1v) is 9.42. The summed E-state index contributed by atoms with van der Waals surface area (Å²) < 4.78 is 11.9. The van der Waals surface area contributed by atoms with Crippen LogP contribution in [0, 0.1) is 5.92 Å². The zero-order valence-corrected chi connectivity index (χ0v) is 17.6. The van der Waals surface area contributed by atoms with Gasteiger partial charge in [-0.3, -0.25) is 4.39 Å². The molecule has 23 heavy (non-hydrogen) atoms. The summed E-state index contributed by atoms with van der Waals surface area (Å²) in [7, 11) is 0. The molecular formula is C19H36FNaO2. The fourth-order valence-corrected chi connectivity index (χ4v) is 2.91. The number of halogens is 1. The average molecular weight is 338 g/mol. The molecule has 1 atom stereocenters. The molecule has 0 aromatic heterocycles. The number of aliphatic carboxylic acids is 1. The largest absolute Gasteiger partial charge is 1.00 e. The van der Waals surface area contributed by atoms with E-state index in [2.05, 4.69) is 6.92 Å². The number of carbonyl (C=O) groups excluding carboxylic acids is 1. The minimum atomic E-state index is -0.920. The molecule has 0 bridgehead atoms. The predicted molar refractivity (Wildman–Crippen MR) is 89.4 cm³/mol. The molecule has 2 nitrogen and oxygen atoms in total. The topological polar surface area (TPSA) is 40.1 Å². The Kier molecular flexibility index (Phi) is 22.8. The first-order valence-electron chi connectivity index (χ1n) is 9.42. The summed E-state index contributed by atoms with van der Waals surface area (Å²) in [5.41, 5.74) is 0. The van der Waals surface area contributed by atoms with E-state index in [1.807, 2.05) is 0 Å². The van der Waals surface area contributed by atoms with Crippen LogP contribution in [0.3, 0.4) is 0 Å². The zero-order chi connectivity index (χ0) is 16.5. The van der Waals surface area contributed by atoms with Gasteiger partial charge in [0.2, 0.25) is 0 Å². The third kappa shape index (κ3) is 22.4. The molecule has 0 amide bonds. The van der Waals surface area contributed by atoms with E-state index in [0.29, 0.717) is 0 Å². The van der Waals surface area contributed by atoms with Gasteiger partial charge in [-0.1, -0.05) is 84.0 Å². The molecule has 0 aromatic rings. The first kappa shape index (κ1) is 25.6. The molecule has 4 heteroatoms. The summed E-state index contributed by atoms with van der Waals surface area (Å²) in [6.45, 7) is 2.19. The second kappa shape index (κ2) is 20.4. The van der Waals surface area contributed by atoms with Crippen molar-refractivity contribution in [2.75, 3.05) is 6.67 Å². The quantitative estimate of drug-likeness (QED) is 0.301. The third-order valence-electron chi connectivity index (χ3n) is 4.41. The first-order chi connectivity index (χ1) is 10.7. The van der Waals surface area contributed by atoms with Crippen LogP contribution in [0.1, 0.15) is 103 Å². The summed E-state index contributed by atoms with van der Waals surface area (Å²) in [6.07, 6.45) is 16.5. The molecule has 0 aliphatic rings. The maximum Gasteiger partial charge on any atom is 1.00 e. The van der Waals surface area contributed by atoms with Gasteiger partial charge >= 0.3 is 29.6 Å². The van der Waals surface area contributed by atoms with Gasteiger partial charge in [0.05, 0.1) is 6.67 Å². The normalized spacial score (nSPS) is 11.9. The van der Waals surface area contributed by atoms with Gasteiger partial charge in [0.25, 0.3) is 0 Å². The van der Waals surface area contributed by atoms with Gasteiger partial charge in [-0.2, -0.15) is 0 Å². The van der Waals surface area contributed by atoms with Crippen LogP contribution in [0.4, 0.5) is 4.39 Å². The van der Waals surface area contributed by atoms with E-state index in [9.17, 15) is 14.3 Å². The molecule has 0 aliphatic carbocycles. The van der Waals surface area contributed by atoms with Gasteiger partial charge in [-0.15, -0.1) is 0 Å². The van der Waals surface area contributed by atoms with E-state index < -0.39 is 5.97 Å². The number of rotatable bonds is 17. The molecule has 0 saturated carbocycles. The Morgan fingerprint density at radius 1 is 0.783 bits per heavy atom. The molecule has 0 spiro atoms. The van der Waals surface area contributed by atoms with Crippen molar-refractivity contribution in [2.24, 2.45) is 5.92 Å². The van der Waals surface area contributed by atoms with Crippen molar-refractivity contribution in [2.45, 2.75) is 103 Å². The number of carboxylic acids is 1. The van der Waals surface area contributed by atoms with Crippen molar-refractivity contribution in [3.63, 3.8) is 0 Å². The molecule has 0 aliphatic heterocycles. The van der Waals surface area contributed by atoms with Gasteiger partial charge < -0.3 is 9.90 Å². The van der Waals surface area contributed by atoms with Crippen molar-refractivity contribution in [1.82, 2.24) is 0 Å². The smallest absolute Gasteiger partial charge is 0.550 e. The summed E-state index contributed by atoms with van der Waals surface area (Å²) in [6, 6.07) is 0. The Morgan fingerprint density at radius 3 is 1.61 bits per heavy atom. The predicted octanol–water partition coefficient (Wildman–Crippen LogP) is 2.20. The van der Waals surface area contributed by atoms with Crippen LogP contribution in [0.2, 0.25) is 0 Å². The van der Waals surface area contributed by atoms with E-state index in [1.54, 1.807) is 0 Å². The van der Waals surface area contributed by atoms with E-state index in [0.717, 1.165) is 38.0 Å². The van der Waals surface area contributed by atoms with E-state index in [1.165, 1.54) is 57.8 Å². The van der Waals surface area contributed by atoms with Crippen LogP contribution in [-0.2, 0) is 4.79 Å². The van der Waals surface area contributed by atoms with Gasteiger partial charge in [0, 0.05) is 5.97 Å². The molecule has 0 aromatic carbocycles. The molecule has 0 radical (unpaired) electrons. The zero-order valence-electron chi connectivity index (χ0n) is 15.6. The van der Waals surface area contributed by atoms with Crippen LogP contribution < -0.4 is 34.7 Å². The van der Waals surface area contributed by atoms with Crippen LogP contribution in [0.5, 0.6) is 0 Å².